The van der Waals surface area contributed by atoms with Crippen LogP contribution in [0.1, 0.15) is 15.9 Å². The number of halogens is 1. The second-order valence-corrected chi connectivity index (χ2v) is 6.20. The van der Waals surface area contributed by atoms with E-state index in [2.05, 4.69) is 22.6 Å². The van der Waals surface area contributed by atoms with Crippen LogP contribution in [-0.4, -0.2) is 27.0 Å². The van der Waals surface area contributed by atoms with Gasteiger partial charge in [0, 0.05) is 25.3 Å². The molecule has 0 amide bonds. The number of benzene rings is 2. The van der Waals surface area contributed by atoms with Crippen LogP contribution in [-0.2, 0) is 0 Å². The Morgan fingerprint density at radius 3 is 2.14 bits per heavy atom. The Bertz CT molecular complexity index is 673. The lowest BCUT2D eigenvalue weighted by Crippen LogP contribution is -2.07. The zero-order chi connectivity index (χ0) is 16.1. The molecule has 2 aromatic carbocycles. The van der Waals surface area contributed by atoms with E-state index in [0.29, 0.717) is 9.14 Å². The fraction of sp³-hybridized carbons (Fsp3) is 0.167. The predicted octanol–water partition coefficient (Wildman–Crippen LogP) is 4.42. The molecule has 0 aliphatic carbocycles. The van der Waals surface area contributed by atoms with E-state index in [-0.39, 0.29) is 5.78 Å². The molecule has 0 fully saturated rings. The Hall–Kier alpha value is -1.82. The molecular formula is C18H18INO2. The van der Waals surface area contributed by atoms with Crippen LogP contribution in [0.25, 0.3) is 6.08 Å². The van der Waals surface area contributed by atoms with Crippen LogP contribution in [0.5, 0.6) is 5.75 Å². The highest BCUT2D eigenvalue weighted by molar-refractivity contribution is 14.1. The van der Waals surface area contributed by atoms with E-state index in [1.807, 2.05) is 49.3 Å². The Morgan fingerprint density at radius 2 is 1.64 bits per heavy atom. The number of ketones is 1. The molecule has 0 N–H and O–H groups in total. The average molecular weight is 407 g/mol. The molecule has 0 atom stereocenters. The number of hydrogen-bond acceptors (Lipinski definition) is 3. The van der Waals surface area contributed by atoms with Crippen molar-refractivity contribution in [2.45, 2.75) is 0 Å². The van der Waals surface area contributed by atoms with Gasteiger partial charge >= 0.3 is 0 Å². The van der Waals surface area contributed by atoms with Crippen molar-refractivity contribution in [3.63, 3.8) is 0 Å². The van der Waals surface area contributed by atoms with Crippen LogP contribution < -0.4 is 9.64 Å². The number of hydrogen-bond donors (Lipinski definition) is 0. The van der Waals surface area contributed by atoms with Gasteiger partial charge in [-0.05, 0) is 70.6 Å². The Morgan fingerprint density at radius 1 is 1.05 bits per heavy atom. The number of rotatable bonds is 5. The summed E-state index contributed by atoms with van der Waals surface area (Å²) < 4.78 is 5.78. The maximum atomic E-state index is 12.4. The van der Waals surface area contributed by atoms with Crippen molar-refractivity contribution in [3.05, 3.63) is 63.2 Å². The minimum atomic E-state index is 0.0138. The van der Waals surface area contributed by atoms with Gasteiger partial charge in [0.1, 0.15) is 5.75 Å². The van der Waals surface area contributed by atoms with Crippen LogP contribution in [0.2, 0.25) is 0 Å². The van der Waals surface area contributed by atoms with Gasteiger partial charge in [0.15, 0.2) is 5.78 Å². The molecule has 0 saturated carbocycles. The van der Waals surface area contributed by atoms with E-state index < -0.39 is 0 Å². The molecule has 22 heavy (non-hydrogen) atoms. The molecule has 0 saturated heterocycles. The van der Waals surface area contributed by atoms with Crippen LogP contribution in [0, 0.1) is 0 Å². The quantitative estimate of drug-likeness (QED) is 0.418. The van der Waals surface area contributed by atoms with Crippen LogP contribution in [0.15, 0.2) is 52.1 Å². The Labute approximate surface area is 144 Å². The zero-order valence-corrected chi connectivity index (χ0v) is 15.0. The first-order valence-electron chi connectivity index (χ1n) is 6.84. The lowest BCUT2D eigenvalue weighted by atomic mass is 10.1. The highest BCUT2D eigenvalue weighted by Gasteiger charge is 2.09. The molecule has 0 bridgehead atoms. The molecule has 2 rings (SSSR count). The Balaban J connectivity index is 2.17. The molecule has 0 aromatic heterocycles. The molecular weight excluding hydrogens is 389 g/mol. The number of carbonyl (C=O) groups excluding carboxylic acids is 1. The van der Waals surface area contributed by atoms with E-state index in [9.17, 15) is 4.79 Å². The van der Waals surface area contributed by atoms with Crippen molar-refractivity contribution in [1.29, 1.82) is 0 Å². The molecule has 0 aliphatic rings. The van der Waals surface area contributed by atoms with Crippen molar-refractivity contribution >= 4 is 40.1 Å². The standard InChI is InChI=1S/C18H18INO2/c1-20(2)15-8-4-13(5-9-15)12-17(19)18(21)14-6-10-16(22-3)11-7-14/h4-12H,1-3H3. The molecule has 0 unspecified atom stereocenters. The monoisotopic (exact) mass is 407 g/mol. The lowest BCUT2D eigenvalue weighted by molar-refractivity contribution is 0.104. The molecule has 3 nitrogen and oxygen atoms in total. The summed E-state index contributed by atoms with van der Waals surface area (Å²) >= 11 is 2.08. The summed E-state index contributed by atoms with van der Waals surface area (Å²) in [4.78, 5) is 14.4. The van der Waals surface area contributed by atoms with Crippen molar-refractivity contribution in [3.8, 4) is 5.75 Å². The molecule has 0 spiro atoms. The van der Waals surface area contributed by atoms with Gasteiger partial charge in [-0.15, -0.1) is 0 Å². The third-order valence-electron chi connectivity index (χ3n) is 3.27. The third kappa shape index (κ3) is 4.10. The molecule has 0 aliphatic heterocycles. The van der Waals surface area contributed by atoms with Crippen LogP contribution in [0.4, 0.5) is 5.69 Å². The Kier molecular flexibility index (Phi) is 5.60. The van der Waals surface area contributed by atoms with Gasteiger partial charge in [-0.2, -0.15) is 0 Å². The summed E-state index contributed by atoms with van der Waals surface area (Å²) in [5.41, 5.74) is 2.80. The van der Waals surface area contributed by atoms with E-state index in [0.717, 1.165) is 17.0 Å². The summed E-state index contributed by atoms with van der Waals surface area (Å²) in [5, 5.41) is 0. The van der Waals surface area contributed by atoms with E-state index in [1.54, 1.807) is 31.4 Å². The fourth-order valence-electron chi connectivity index (χ4n) is 1.96. The third-order valence-corrected chi connectivity index (χ3v) is 4.07. The maximum Gasteiger partial charge on any atom is 0.199 e. The van der Waals surface area contributed by atoms with Gasteiger partial charge in [-0.1, -0.05) is 12.1 Å². The minimum absolute atomic E-state index is 0.0138. The highest BCUT2D eigenvalue weighted by Crippen LogP contribution is 2.21. The number of allylic oxidation sites excluding steroid dienone is 1. The van der Waals surface area contributed by atoms with Gasteiger partial charge in [0.05, 0.1) is 10.7 Å². The minimum Gasteiger partial charge on any atom is -0.497 e. The molecule has 0 radical (unpaired) electrons. The molecule has 0 heterocycles. The summed E-state index contributed by atoms with van der Waals surface area (Å²) in [6.45, 7) is 0. The van der Waals surface area contributed by atoms with Crippen molar-refractivity contribution in [2.75, 3.05) is 26.1 Å². The fourth-order valence-corrected chi connectivity index (χ4v) is 2.63. The summed E-state index contributed by atoms with van der Waals surface area (Å²) in [5.74, 6) is 0.759. The molecule has 114 valence electrons. The largest absolute Gasteiger partial charge is 0.497 e. The number of anilines is 1. The topological polar surface area (TPSA) is 29.5 Å². The van der Waals surface area contributed by atoms with Gasteiger partial charge in [0.25, 0.3) is 0 Å². The molecule has 4 heteroatoms. The van der Waals surface area contributed by atoms with Crippen LogP contribution >= 0.6 is 22.6 Å². The van der Waals surface area contributed by atoms with Crippen molar-refractivity contribution < 1.29 is 9.53 Å². The van der Waals surface area contributed by atoms with Gasteiger partial charge in [0.2, 0.25) is 0 Å². The summed E-state index contributed by atoms with van der Waals surface area (Å²) in [6.07, 6.45) is 1.90. The van der Waals surface area contributed by atoms with Gasteiger partial charge < -0.3 is 9.64 Å². The second-order valence-electron chi connectivity index (χ2n) is 5.04. The smallest absolute Gasteiger partial charge is 0.199 e. The first kappa shape index (κ1) is 16.5. The number of carbonyl (C=O) groups is 1. The SMILES string of the molecule is COc1ccc(C(=O)C(I)=Cc2ccc(N(C)C)cc2)cc1. The number of methoxy groups -OCH3 is 1. The molecule has 2 aromatic rings. The summed E-state index contributed by atoms with van der Waals surface area (Å²) in [6, 6.07) is 15.2. The van der Waals surface area contributed by atoms with Gasteiger partial charge in [-0.25, -0.2) is 0 Å². The zero-order valence-electron chi connectivity index (χ0n) is 12.8. The second kappa shape index (κ2) is 7.45. The predicted molar refractivity (Wildman–Crippen MR) is 100 cm³/mol. The highest BCUT2D eigenvalue weighted by atomic mass is 127. The van der Waals surface area contributed by atoms with Crippen LogP contribution in [0.3, 0.4) is 0 Å². The number of ether oxygens (including phenoxy) is 1. The number of nitrogens with zero attached hydrogens (tertiary/aromatic N) is 1. The summed E-state index contributed by atoms with van der Waals surface area (Å²) in [7, 11) is 5.61. The maximum absolute atomic E-state index is 12.4. The van der Waals surface area contributed by atoms with E-state index in [4.69, 9.17) is 4.74 Å². The van der Waals surface area contributed by atoms with Gasteiger partial charge in [-0.3, -0.25) is 4.79 Å². The number of Topliss-reactive ketones (excluding diaryl/α,β-unsaturated/α-hetero) is 1. The lowest BCUT2D eigenvalue weighted by Gasteiger charge is -2.11. The first-order chi connectivity index (χ1) is 10.5. The normalized spacial score (nSPS) is 11.2. The van der Waals surface area contributed by atoms with Crippen molar-refractivity contribution in [2.24, 2.45) is 0 Å². The average Bonchev–Trinajstić information content (AvgIpc) is 2.54. The van der Waals surface area contributed by atoms with E-state index in [1.165, 1.54) is 0 Å². The van der Waals surface area contributed by atoms with E-state index >= 15 is 0 Å². The first-order valence-corrected chi connectivity index (χ1v) is 7.92. The van der Waals surface area contributed by atoms with Crippen molar-refractivity contribution in [1.82, 2.24) is 0 Å².